The maximum absolute atomic E-state index is 6.79. The largest absolute Gasteiger partial charge is 0.510 e. The molecule has 376 valence electrons. The molecule has 0 bridgehead atoms. The third-order valence-electron chi connectivity index (χ3n) is 15.2. The van der Waals surface area contributed by atoms with Gasteiger partial charge in [-0.15, -0.1) is 29.7 Å². The van der Waals surface area contributed by atoms with E-state index < -0.39 is 0 Å². The maximum atomic E-state index is 6.79. The first-order valence-electron chi connectivity index (χ1n) is 26.1. The zero-order valence-corrected chi connectivity index (χ0v) is 45.2. The molecule has 0 unspecified atom stereocenters. The molecule has 0 aliphatic rings. The number of fused-ring (bicyclic) bond motifs is 10. The number of nitrogens with zero attached hydrogens (tertiary/aromatic N) is 6. The molecule has 0 radical (unpaired) electrons. The molecule has 0 spiro atoms. The van der Waals surface area contributed by atoms with Crippen LogP contribution in [-0.2, 0) is 26.5 Å². The summed E-state index contributed by atoms with van der Waals surface area (Å²) in [6.45, 7) is 6.71. The molecule has 8 heteroatoms. The van der Waals surface area contributed by atoms with Crippen molar-refractivity contribution in [3.63, 3.8) is 0 Å². The Balaban J connectivity index is 0.00000552. The Morgan fingerprint density at radius 3 is 1.74 bits per heavy atom. The number of hydrogen-bond donors (Lipinski definition) is 0. The normalized spacial score (nSPS) is 11.9. The maximum Gasteiger partial charge on any atom is 0.268 e. The fraction of sp³-hybridized carbons (Fsp3) is 0.0571. The minimum atomic E-state index is -0.0811. The molecule has 0 aliphatic carbocycles. The van der Waals surface area contributed by atoms with Crippen LogP contribution in [0, 0.1) is 18.5 Å². The zero-order chi connectivity index (χ0) is 51.4. The summed E-state index contributed by atoms with van der Waals surface area (Å²) in [5.74, 6) is 1.95. The third kappa shape index (κ3) is 7.60. The van der Waals surface area contributed by atoms with E-state index in [1.807, 2.05) is 30.5 Å². The van der Waals surface area contributed by atoms with E-state index in [-0.39, 0.29) is 26.5 Å². The molecule has 7 nitrogen and oxygen atoms in total. The second-order valence-electron chi connectivity index (χ2n) is 20.8. The van der Waals surface area contributed by atoms with E-state index in [2.05, 4.69) is 268 Å². The second-order valence-corrected chi connectivity index (χ2v) is 20.8. The average Bonchev–Trinajstić information content (AvgIpc) is 4.34. The Labute approximate surface area is 465 Å². The van der Waals surface area contributed by atoms with Crippen LogP contribution in [-0.4, -0.2) is 23.3 Å². The van der Waals surface area contributed by atoms with E-state index in [9.17, 15) is 0 Å². The van der Waals surface area contributed by atoms with Crippen LogP contribution < -0.4 is 9.30 Å². The Morgan fingerprint density at radius 2 is 1.03 bits per heavy atom. The van der Waals surface area contributed by atoms with Gasteiger partial charge in [0.15, 0.2) is 0 Å². The standard InChI is InChI=1S/C70H48N6O.Pt/c1-70(2,3)48-38-39-71-69(42-48)76-63-37-33-47(46-32-36-62-57(40-46)55-24-9-10-25-59(55)74(62)49-18-5-4-6-19-49)41-58(63)56-35-34-52(44-68(56)76)77-51-21-17-20-50(43-51)72-45-73(65-29-14-13-28-64(65)72)66-30-15-16-31-67(66)75-60-26-11-7-22-53(60)54-23-8-12-27-61(54)75;/h4-42H,1-3H3;/q-2;. The first-order valence-corrected chi connectivity index (χ1v) is 26.1. The first-order chi connectivity index (χ1) is 37.8. The predicted molar refractivity (Wildman–Crippen MR) is 313 cm³/mol. The van der Waals surface area contributed by atoms with E-state index in [0.717, 1.165) is 83.6 Å². The molecule has 5 heterocycles. The van der Waals surface area contributed by atoms with Gasteiger partial charge in [-0.25, -0.2) is 4.98 Å². The number of rotatable bonds is 8. The van der Waals surface area contributed by atoms with Crippen LogP contribution in [0.3, 0.4) is 0 Å². The van der Waals surface area contributed by atoms with Crippen LogP contribution in [0.15, 0.2) is 237 Å². The van der Waals surface area contributed by atoms with Gasteiger partial charge in [-0.3, -0.25) is 4.57 Å². The fourth-order valence-corrected chi connectivity index (χ4v) is 11.6. The molecule has 0 atom stereocenters. The topological polar surface area (TPSA) is 45.7 Å². The Kier molecular flexibility index (Phi) is 11.2. The van der Waals surface area contributed by atoms with Gasteiger partial charge in [-0.05, 0) is 106 Å². The molecule has 0 aliphatic heterocycles. The van der Waals surface area contributed by atoms with Crippen molar-refractivity contribution in [3.8, 4) is 51.2 Å². The van der Waals surface area contributed by atoms with Crippen molar-refractivity contribution in [2.45, 2.75) is 26.2 Å². The molecular formula is C70H48N6OPt-2. The van der Waals surface area contributed by atoms with E-state index in [1.54, 1.807) is 0 Å². The van der Waals surface area contributed by atoms with Gasteiger partial charge >= 0.3 is 0 Å². The summed E-state index contributed by atoms with van der Waals surface area (Å²) in [6.07, 6.45) is 5.66. The van der Waals surface area contributed by atoms with Crippen molar-refractivity contribution in [2.24, 2.45) is 0 Å². The van der Waals surface area contributed by atoms with Gasteiger partial charge in [-0.1, -0.05) is 154 Å². The number of para-hydroxylation sites is 8. The van der Waals surface area contributed by atoms with Crippen LogP contribution in [0.1, 0.15) is 26.3 Å². The van der Waals surface area contributed by atoms with Crippen molar-refractivity contribution in [2.75, 3.05) is 0 Å². The molecule has 15 aromatic rings. The molecule has 78 heavy (non-hydrogen) atoms. The summed E-state index contributed by atoms with van der Waals surface area (Å²) in [5, 5.41) is 7.02. The first kappa shape index (κ1) is 47.2. The van der Waals surface area contributed by atoms with Gasteiger partial charge in [0.05, 0.1) is 44.5 Å². The Morgan fingerprint density at radius 1 is 0.449 bits per heavy atom. The molecule has 0 fully saturated rings. The fourth-order valence-electron chi connectivity index (χ4n) is 11.6. The van der Waals surface area contributed by atoms with Crippen molar-refractivity contribution in [1.82, 2.24) is 23.3 Å². The zero-order valence-electron chi connectivity index (χ0n) is 42.9. The number of aromatic nitrogens is 6. The van der Waals surface area contributed by atoms with Crippen LogP contribution in [0.5, 0.6) is 11.5 Å². The molecule has 15 rings (SSSR count). The summed E-state index contributed by atoms with van der Waals surface area (Å²) >= 11 is 0. The molecule has 0 N–H and O–H groups in total. The van der Waals surface area contributed by atoms with Crippen molar-refractivity contribution in [3.05, 3.63) is 261 Å². The molecule has 10 aromatic carbocycles. The Bertz CT molecular complexity index is 4790. The summed E-state index contributed by atoms with van der Waals surface area (Å²) in [4.78, 5) is 5.00. The van der Waals surface area contributed by atoms with Crippen LogP contribution in [0.25, 0.3) is 116 Å². The number of hydrogen-bond acceptors (Lipinski definition) is 2. The van der Waals surface area contributed by atoms with Crippen molar-refractivity contribution >= 4 is 76.5 Å². The number of benzene rings is 10. The summed E-state index contributed by atoms with van der Waals surface area (Å²) in [6, 6.07) is 89.0. The van der Waals surface area contributed by atoms with Gasteiger partial charge in [-0.2, -0.15) is 18.2 Å². The Hall–Kier alpha value is -9.29. The van der Waals surface area contributed by atoms with Gasteiger partial charge in [0.2, 0.25) is 0 Å². The van der Waals surface area contributed by atoms with Crippen LogP contribution >= 0.6 is 0 Å². The smallest absolute Gasteiger partial charge is 0.268 e. The molecule has 0 amide bonds. The minimum absolute atomic E-state index is 0. The number of pyridine rings is 1. The molecule has 5 aromatic heterocycles. The van der Waals surface area contributed by atoms with Gasteiger partial charge < -0.3 is 23.0 Å². The molecule has 0 saturated heterocycles. The van der Waals surface area contributed by atoms with E-state index in [0.29, 0.717) is 11.5 Å². The quantitative estimate of drug-likeness (QED) is 0.112. The third-order valence-corrected chi connectivity index (χ3v) is 15.2. The van der Waals surface area contributed by atoms with Gasteiger partial charge in [0, 0.05) is 71.5 Å². The monoisotopic (exact) mass is 1180 g/mol. The van der Waals surface area contributed by atoms with Gasteiger partial charge in [0.1, 0.15) is 5.82 Å². The summed E-state index contributed by atoms with van der Waals surface area (Å²) < 4.78 is 18.0. The predicted octanol–water partition coefficient (Wildman–Crippen LogP) is 16.7. The van der Waals surface area contributed by atoms with Crippen LogP contribution in [0.2, 0.25) is 0 Å². The van der Waals surface area contributed by atoms with Crippen LogP contribution in [0.4, 0.5) is 0 Å². The SMILES string of the molecule is CC(C)(C)c1ccnc(-n2c3[c-]c(Oc4[c-]c(-n5[c-][n+](-c6ccccc6-n6c7ccccc7c7ccccc76)c6ccccc65)ccc4)ccc3c3cc(-c4ccc5c(c4)c4ccccc4n5-c4ccccc4)ccc32)c1.[Pt]. The van der Waals surface area contributed by atoms with E-state index in [4.69, 9.17) is 9.72 Å². The summed E-state index contributed by atoms with van der Waals surface area (Å²) in [7, 11) is 0. The van der Waals surface area contributed by atoms with Crippen molar-refractivity contribution < 1.29 is 30.4 Å². The summed E-state index contributed by atoms with van der Waals surface area (Å²) in [5.41, 5.74) is 15.9. The number of imidazole rings is 1. The number of ether oxygens (including phenoxy) is 1. The minimum Gasteiger partial charge on any atom is -0.510 e. The second kappa shape index (κ2) is 18.5. The van der Waals surface area contributed by atoms with Crippen molar-refractivity contribution in [1.29, 1.82) is 0 Å². The molecule has 0 saturated carbocycles. The average molecular weight is 1180 g/mol. The van der Waals surface area contributed by atoms with E-state index >= 15 is 0 Å². The van der Waals surface area contributed by atoms with Gasteiger partial charge in [0.25, 0.3) is 6.33 Å². The molecular weight excluding hydrogens is 1140 g/mol. The van der Waals surface area contributed by atoms with E-state index in [1.165, 1.54) is 38.1 Å².